The summed E-state index contributed by atoms with van der Waals surface area (Å²) in [7, 11) is 1.57. The van der Waals surface area contributed by atoms with Gasteiger partial charge in [-0.1, -0.05) is 0 Å². The molecule has 0 unspecified atom stereocenters. The number of ether oxygens (including phenoxy) is 1. The molecule has 0 heterocycles. The highest BCUT2D eigenvalue weighted by Gasteiger charge is 2.10. The molecule has 0 aliphatic carbocycles. The average molecular weight is 270 g/mol. The van der Waals surface area contributed by atoms with E-state index in [9.17, 15) is 10.1 Å². The van der Waals surface area contributed by atoms with Crippen LogP contribution >= 0.6 is 11.8 Å². The number of hydrogen-bond acceptors (Lipinski definition) is 5. The van der Waals surface area contributed by atoms with Gasteiger partial charge in [0, 0.05) is 24.2 Å². The van der Waals surface area contributed by atoms with Crippen molar-refractivity contribution in [2.45, 2.75) is 13.0 Å². The van der Waals surface area contributed by atoms with Crippen molar-refractivity contribution in [3.63, 3.8) is 0 Å². The van der Waals surface area contributed by atoms with Gasteiger partial charge in [-0.25, -0.2) is 0 Å². The molecule has 0 fully saturated rings. The van der Waals surface area contributed by atoms with Crippen molar-refractivity contribution < 1.29 is 9.66 Å². The van der Waals surface area contributed by atoms with E-state index in [1.807, 2.05) is 11.8 Å². The van der Waals surface area contributed by atoms with Crippen LogP contribution in [0.1, 0.15) is 12.0 Å². The molecule has 0 aromatic heterocycles. The van der Waals surface area contributed by atoms with Gasteiger partial charge in [-0.15, -0.1) is 0 Å². The Bertz CT molecular complexity index is 399. The zero-order valence-electron chi connectivity index (χ0n) is 10.6. The first-order valence-corrected chi connectivity index (χ1v) is 7.09. The lowest BCUT2D eigenvalue weighted by molar-refractivity contribution is -0.384. The molecule has 0 saturated carbocycles. The zero-order chi connectivity index (χ0) is 13.4. The van der Waals surface area contributed by atoms with E-state index in [-0.39, 0.29) is 5.69 Å². The van der Waals surface area contributed by atoms with E-state index in [0.29, 0.717) is 12.3 Å². The predicted octanol–water partition coefficient (Wildman–Crippen LogP) is 2.45. The number of hydrogen-bond donors (Lipinski definition) is 1. The van der Waals surface area contributed by atoms with E-state index < -0.39 is 4.92 Å². The van der Waals surface area contributed by atoms with Crippen LogP contribution in [0.25, 0.3) is 0 Å². The molecule has 0 spiro atoms. The van der Waals surface area contributed by atoms with Crippen molar-refractivity contribution in [3.8, 4) is 5.75 Å². The summed E-state index contributed by atoms with van der Waals surface area (Å²) in [6.07, 6.45) is 3.15. The maximum absolute atomic E-state index is 10.7. The molecular weight excluding hydrogens is 252 g/mol. The molecule has 1 N–H and O–H groups in total. The van der Waals surface area contributed by atoms with Gasteiger partial charge in [0.05, 0.1) is 12.0 Å². The summed E-state index contributed by atoms with van der Waals surface area (Å²) in [5.74, 6) is 1.79. The molecule has 6 heteroatoms. The molecule has 0 aliphatic rings. The minimum absolute atomic E-state index is 0.0942. The lowest BCUT2D eigenvalue weighted by Gasteiger charge is -2.09. The van der Waals surface area contributed by atoms with Crippen molar-refractivity contribution in [1.82, 2.24) is 5.32 Å². The van der Waals surface area contributed by atoms with Crippen molar-refractivity contribution in [2.24, 2.45) is 0 Å². The second kappa shape index (κ2) is 7.94. The van der Waals surface area contributed by atoms with Crippen LogP contribution < -0.4 is 10.1 Å². The van der Waals surface area contributed by atoms with Gasteiger partial charge in [0.15, 0.2) is 0 Å². The van der Waals surface area contributed by atoms with Crippen LogP contribution in [0.3, 0.4) is 0 Å². The zero-order valence-corrected chi connectivity index (χ0v) is 11.5. The summed E-state index contributed by atoms with van der Waals surface area (Å²) in [5, 5.41) is 14.0. The number of benzene rings is 1. The van der Waals surface area contributed by atoms with Gasteiger partial charge in [0.1, 0.15) is 5.75 Å². The topological polar surface area (TPSA) is 64.4 Å². The molecule has 0 saturated heterocycles. The maximum atomic E-state index is 10.7. The van der Waals surface area contributed by atoms with E-state index in [4.69, 9.17) is 4.74 Å². The fraction of sp³-hybridized carbons (Fsp3) is 0.500. The molecule has 0 bridgehead atoms. The Labute approximate surface area is 111 Å². The summed E-state index contributed by atoms with van der Waals surface area (Å²) in [6, 6.07) is 4.65. The smallest absolute Gasteiger partial charge is 0.270 e. The van der Waals surface area contributed by atoms with Crippen LogP contribution in [0.4, 0.5) is 5.69 Å². The van der Waals surface area contributed by atoms with Crippen LogP contribution in [-0.4, -0.2) is 30.6 Å². The lowest BCUT2D eigenvalue weighted by atomic mass is 10.1. The minimum Gasteiger partial charge on any atom is -0.496 e. The molecular formula is C12H18N2O3S. The number of nitrogens with one attached hydrogen (secondary N) is 1. The fourth-order valence-corrected chi connectivity index (χ4v) is 2.01. The van der Waals surface area contributed by atoms with Gasteiger partial charge >= 0.3 is 0 Å². The number of nitrogens with zero attached hydrogens (tertiary/aromatic N) is 1. The number of non-ortho nitro benzene ring substituents is 1. The standard InChI is InChI=1S/C12H18N2O3S/c1-17-12-5-4-11(14(15)16)8-10(12)9-13-6-3-7-18-2/h4-5,8,13H,3,6-7,9H2,1-2H3. The first-order valence-electron chi connectivity index (χ1n) is 5.70. The van der Waals surface area contributed by atoms with Crippen molar-refractivity contribution >= 4 is 17.4 Å². The van der Waals surface area contributed by atoms with Gasteiger partial charge in [0.2, 0.25) is 0 Å². The minimum atomic E-state index is -0.392. The van der Waals surface area contributed by atoms with E-state index in [1.165, 1.54) is 6.07 Å². The van der Waals surface area contributed by atoms with Crippen molar-refractivity contribution in [2.75, 3.05) is 25.7 Å². The van der Waals surface area contributed by atoms with Crippen LogP contribution in [0.2, 0.25) is 0 Å². The van der Waals surface area contributed by atoms with Gasteiger partial charge in [0.25, 0.3) is 5.69 Å². The summed E-state index contributed by atoms with van der Waals surface area (Å²) < 4.78 is 5.19. The molecule has 0 aliphatic heterocycles. The molecule has 1 rings (SSSR count). The molecule has 0 amide bonds. The van der Waals surface area contributed by atoms with Gasteiger partial charge < -0.3 is 10.1 Å². The third kappa shape index (κ3) is 4.54. The summed E-state index contributed by atoms with van der Waals surface area (Å²) in [6.45, 7) is 1.48. The maximum Gasteiger partial charge on any atom is 0.270 e. The van der Waals surface area contributed by atoms with Gasteiger partial charge in [-0.05, 0) is 31.0 Å². The Morgan fingerprint density at radius 2 is 2.28 bits per heavy atom. The highest BCUT2D eigenvalue weighted by atomic mass is 32.2. The van der Waals surface area contributed by atoms with E-state index in [0.717, 1.165) is 24.3 Å². The monoisotopic (exact) mass is 270 g/mol. The Balaban J connectivity index is 2.61. The average Bonchev–Trinajstić information content (AvgIpc) is 2.38. The molecule has 1 aromatic carbocycles. The molecule has 1 aromatic rings. The summed E-state index contributed by atoms with van der Waals surface area (Å²) in [5.41, 5.74) is 0.910. The van der Waals surface area contributed by atoms with Crippen LogP contribution in [0.15, 0.2) is 18.2 Å². The highest BCUT2D eigenvalue weighted by molar-refractivity contribution is 7.98. The van der Waals surface area contributed by atoms with E-state index in [1.54, 1.807) is 19.2 Å². The Morgan fingerprint density at radius 3 is 2.89 bits per heavy atom. The quantitative estimate of drug-likeness (QED) is 0.446. The molecule has 0 radical (unpaired) electrons. The lowest BCUT2D eigenvalue weighted by Crippen LogP contribution is -2.16. The first-order chi connectivity index (χ1) is 8.69. The van der Waals surface area contributed by atoms with E-state index >= 15 is 0 Å². The van der Waals surface area contributed by atoms with Crippen LogP contribution in [-0.2, 0) is 6.54 Å². The Hall–Kier alpha value is -1.27. The normalized spacial score (nSPS) is 10.3. The second-order valence-electron chi connectivity index (χ2n) is 3.78. The summed E-state index contributed by atoms with van der Waals surface area (Å²) >= 11 is 1.81. The molecule has 0 atom stereocenters. The predicted molar refractivity (Wildman–Crippen MR) is 74.4 cm³/mol. The van der Waals surface area contributed by atoms with Crippen LogP contribution in [0, 0.1) is 10.1 Å². The first kappa shape index (κ1) is 14.8. The van der Waals surface area contributed by atoms with Crippen LogP contribution in [0.5, 0.6) is 5.75 Å². The Kier molecular flexibility index (Phi) is 6.53. The Morgan fingerprint density at radius 1 is 1.50 bits per heavy atom. The fourth-order valence-electron chi connectivity index (χ4n) is 1.58. The number of nitro benzene ring substituents is 1. The molecule has 100 valence electrons. The third-order valence-corrected chi connectivity index (χ3v) is 3.19. The van der Waals surface area contributed by atoms with E-state index in [2.05, 4.69) is 11.6 Å². The van der Waals surface area contributed by atoms with Gasteiger partial charge in [-0.3, -0.25) is 10.1 Å². The number of rotatable bonds is 8. The third-order valence-electron chi connectivity index (χ3n) is 2.49. The largest absolute Gasteiger partial charge is 0.496 e. The van der Waals surface area contributed by atoms with Gasteiger partial charge in [-0.2, -0.15) is 11.8 Å². The number of nitro groups is 1. The molecule has 5 nitrogen and oxygen atoms in total. The summed E-state index contributed by atoms with van der Waals surface area (Å²) in [4.78, 5) is 10.3. The SMILES string of the molecule is COc1ccc([N+](=O)[O-])cc1CNCCCSC. The second-order valence-corrected chi connectivity index (χ2v) is 4.76. The number of methoxy groups -OCH3 is 1. The number of thioether (sulfide) groups is 1. The highest BCUT2D eigenvalue weighted by Crippen LogP contribution is 2.23. The van der Waals surface area contributed by atoms with Crippen molar-refractivity contribution in [3.05, 3.63) is 33.9 Å². The molecule has 18 heavy (non-hydrogen) atoms. The van der Waals surface area contributed by atoms with Crippen molar-refractivity contribution in [1.29, 1.82) is 0 Å².